The summed E-state index contributed by atoms with van der Waals surface area (Å²) >= 11 is 0. The highest BCUT2D eigenvalue weighted by molar-refractivity contribution is 5.94. The summed E-state index contributed by atoms with van der Waals surface area (Å²) in [4.78, 5) is 12.5. The largest absolute Gasteiger partial charge is 0.493 e. The lowest BCUT2D eigenvalue weighted by Gasteiger charge is -2.12. The first-order valence-corrected chi connectivity index (χ1v) is 8.84. The number of carbonyl (C=O) groups is 1. The fourth-order valence-electron chi connectivity index (χ4n) is 3.01. The third-order valence-electron chi connectivity index (χ3n) is 4.38. The van der Waals surface area contributed by atoms with E-state index in [1.807, 2.05) is 0 Å². The Labute approximate surface area is 153 Å². The van der Waals surface area contributed by atoms with E-state index in [0.29, 0.717) is 30.2 Å². The number of hydrogen-bond acceptors (Lipinski definition) is 5. The molecule has 0 radical (unpaired) electrons. The van der Waals surface area contributed by atoms with Gasteiger partial charge in [0.1, 0.15) is 12.4 Å². The zero-order valence-corrected chi connectivity index (χ0v) is 15.0. The van der Waals surface area contributed by atoms with Crippen LogP contribution in [0.1, 0.15) is 41.3 Å². The highest BCUT2D eigenvalue weighted by Gasteiger charge is 2.16. The molecule has 1 amide bonds. The second kappa shape index (κ2) is 8.51. The van der Waals surface area contributed by atoms with Crippen LogP contribution in [0, 0.1) is 0 Å². The molecule has 2 aromatic rings. The number of benzene rings is 1. The van der Waals surface area contributed by atoms with Crippen LogP contribution in [0.25, 0.3) is 0 Å². The first kappa shape index (κ1) is 18.0. The predicted octanol–water partition coefficient (Wildman–Crippen LogP) is 2.51. The normalized spacial score (nSPS) is 13.4. The molecule has 0 bridgehead atoms. The topological polar surface area (TPSA) is 78.3 Å². The van der Waals surface area contributed by atoms with Gasteiger partial charge in [-0.2, -0.15) is 0 Å². The zero-order chi connectivity index (χ0) is 18.4. The first-order valence-electron chi connectivity index (χ1n) is 8.84. The molecule has 7 nitrogen and oxygen atoms in total. The maximum Gasteiger partial charge on any atom is 0.251 e. The van der Waals surface area contributed by atoms with E-state index >= 15 is 0 Å². The number of hydrogen-bond donors (Lipinski definition) is 1. The summed E-state index contributed by atoms with van der Waals surface area (Å²) < 4.78 is 12.9. The molecule has 1 aliphatic rings. The summed E-state index contributed by atoms with van der Waals surface area (Å²) in [5.74, 6) is 2.71. The summed E-state index contributed by atoms with van der Waals surface area (Å²) in [5.41, 5.74) is 0.503. The molecule has 1 aromatic carbocycles. The van der Waals surface area contributed by atoms with Crippen molar-refractivity contribution < 1.29 is 14.3 Å². The number of nitrogens with zero attached hydrogens (tertiary/aromatic N) is 3. The van der Waals surface area contributed by atoms with E-state index < -0.39 is 0 Å². The Hall–Kier alpha value is -2.83. The highest BCUT2D eigenvalue weighted by Crippen LogP contribution is 2.28. The molecule has 3 rings (SSSR count). The van der Waals surface area contributed by atoms with E-state index in [0.717, 1.165) is 37.5 Å². The van der Waals surface area contributed by atoms with Gasteiger partial charge in [-0.05, 0) is 31.0 Å². The molecule has 0 saturated heterocycles. The van der Waals surface area contributed by atoms with Gasteiger partial charge in [0, 0.05) is 18.5 Å². The van der Waals surface area contributed by atoms with Crippen LogP contribution < -0.4 is 14.8 Å². The molecule has 7 heteroatoms. The molecule has 138 valence electrons. The molecule has 0 aliphatic carbocycles. The van der Waals surface area contributed by atoms with Crippen molar-refractivity contribution in [2.45, 2.75) is 38.8 Å². The number of rotatable bonds is 7. The first-order chi connectivity index (χ1) is 12.7. The fraction of sp³-hybridized carbons (Fsp3) is 0.421. The molecular formula is C19H24N4O3. The van der Waals surface area contributed by atoms with Gasteiger partial charge in [0.2, 0.25) is 0 Å². The summed E-state index contributed by atoms with van der Waals surface area (Å²) in [6, 6.07) is 5.10. The summed E-state index contributed by atoms with van der Waals surface area (Å²) in [6.45, 7) is 5.26. The third-order valence-corrected chi connectivity index (χ3v) is 4.38. The van der Waals surface area contributed by atoms with Crippen LogP contribution in [0.5, 0.6) is 11.5 Å². The molecular weight excluding hydrogens is 332 g/mol. The van der Waals surface area contributed by atoms with Crippen molar-refractivity contribution in [2.24, 2.45) is 0 Å². The van der Waals surface area contributed by atoms with Crippen molar-refractivity contribution in [2.75, 3.05) is 13.7 Å². The number of ether oxygens (including phenoxy) is 2. The van der Waals surface area contributed by atoms with E-state index in [-0.39, 0.29) is 5.91 Å². The Bertz CT molecular complexity index is 785. The Morgan fingerprint density at radius 1 is 1.31 bits per heavy atom. The van der Waals surface area contributed by atoms with Gasteiger partial charge in [0.25, 0.3) is 5.91 Å². The maximum atomic E-state index is 12.5. The van der Waals surface area contributed by atoms with Gasteiger partial charge in [0.15, 0.2) is 17.3 Å². The highest BCUT2D eigenvalue weighted by atomic mass is 16.5. The van der Waals surface area contributed by atoms with Crippen molar-refractivity contribution in [3.8, 4) is 11.5 Å². The van der Waals surface area contributed by atoms with Crippen LogP contribution in [0.15, 0.2) is 30.9 Å². The Kier molecular flexibility index (Phi) is 5.88. The second-order valence-corrected chi connectivity index (χ2v) is 6.14. The third kappa shape index (κ3) is 4.04. The van der Waals surface area contributed by atoms with Crippen LogP contribution in [-0.4, -0.2) is 34.4 Å². The molecule has 2 heterocycles. The van der Waals surface area contributed by atoms with Gasteiger partial charge in [-0.1, -0.05) is 19.1 Å². The van der Waals surface area contributed by atoms with Crippen LogP contribution in [0.3, 0.4) is 0 Å². The Morgan fingerprint density at radius 3 is 3.00 bits per heavy atom. The van der Waals surface area contributed by atoms with Crippen LogP contribution in [0.4, 0.5) is 0 Å². The minimum atomic E-state index is -0.190. The maximum absolute atomic E-state index is 12.5. The van der Waals surface area contributed by atoms with Crippen molar-refractivity contribution in [3.63, 3.8) is 0 Å². The number of nitrogens with one attached hydrogen (secondary N) is 1. The zero-order valence-electron chi connectivity index (χ0n) is 15.0. The minimum Gasteiger partial charge on any atom is -0.493 e. The number of aryl methyl sites for hydroxylation is 1. The van der Waals surface area contributed by atoms with Crippen LogP contribution >= 0.6 is 0 Å². The molecule has 26 heavy (non-hydrogen) atoms. The molecule has 1 N–H and O–H groups in total. The Balaban J connectivity index is 1.67. The van der Waals surface area contributed by atoms with Gasteiger partial charge in [-0.15, -0.1) is 10.2 Å². The van der Waals surface area contributed by atoms with Crippen molar-refractivity contribution >= 4 is 5.91 Å². The molecule has 1 aliphatic heterocycles. The fourth-order valence-corrected chi connectivity index (χ4v) is 3.01. The number of amides is 1. The van der Waals surface area contributed by atoms with E-state index in [9.17, 15) is 4.79 Å². The van der Waals surface area contributed by atoms with Crippen molar-refractivity contribution in [1.29, 1.82) is 0 Å². The molecule has 0 fully saturated rings. The summed E-state index contributed by atoms with van der Waals surface area (Å²) in [6.07, 6.45) is 6.07. The lowest BCUT2D eigenvalue weighted by molar-refractivity contribution is 0.0949. The lowest BCUT2D eigenvalue weighted by atomic mass is 10.2. The smallest absolute Gasteiger partial charge is 0.251 e. The van der Waals surface area contributed by atoms with Gasteiger partial charge >= 0.3 is 0 Å². The summed E-state index contributed by atoms with van der Waals surface area (Å²) in [7, 11) is 1.54. The molecule has 0 spiro atoms. The predicted molar refractivity (Wildman–Crippen MR) is 97.4 cm³/mol. The molecule has 0 atom stereocenters. The van der Waals surface area contributed by atoms with Crippen LogP contribution in [0.2, 0.25) is 0 Å². The number of aromatic nitrogens is 3. The molecule has 0 saturated carbocycles. The Morgan fingerprint density at radius 2 is 2.19 bits per heavy atom. The minimum absolute atomic E-state index is 0.190. The van der Waals surface area contributed by atoms with Crippen LogP contribution in [-0.2, 0) is 19.5 Å². The van der Waals surface area contributed by atoms with Crippen molar-refractivity contribution in [1.82, 2.24) is 20.1 Å². The molecule has 0 unspecified atom stereocenters. The number of carbonyl (C=O) groups excluding carboxylic acids is 1. The average molecular weight is 356 g/mol. The monoisotopic (exact) mass is 356 g/mol. The summed E-state index contributed by atoms with van der Waals surface area (Å²) in [5, 5.41) is 11.4. The van der Waals surface area contributed by atoms with Gasteiger partial charge in [-0.3, -0.25) is 4.79 Å². The quantitative estimate of drug-likeness (QED) is 0.771. The van der Waals surface area contributed by atoms with Gasteiger partial charge in [0.05, 0.1) is 13.7 Å². The van der Waals surface area contributed by atoms with E-state index in [1.54, 1.807) is 31.4 Å². The van der Waals surface area contributed by atoms with E-state index in [2.05, 4.69) is 26.7 Å². The van der Waals surface area contributed by atoms with E-state index in [4.69, 9.17) is 9.47 Å². The van der Waals surface area contributed by atoms with Gasteiger partial charge < -0.3 is 19.4 Å². The SMILES string of the molecule is C=CCOc1ccc(C(=O)NCc2nnc3n2CCCCC3)cc1OC. The molecule has 1 aromatic heterocycles. The van der Waals surface area contributed by atoms with Crippen molar-refractivity contribution in [3.05, 3.63) is 48.1 Å². The standard InChI is InChI=1S/C19H24N4O3/c1-3-11-26-15-9-8-14(12-16(15)25-2)19(24)20-13-18-22-21-17-7-5-4-6-10-23(17)18/h3,8-9,12H,1,4-7,10-11,13H2,2H3,(H,20,24). The lowest BCUT2D eigenvalue weighted by Crippen LogP contribution is -2.25. The van der Waals surface area contributed by atoms with Gasteiger partial charge in [-0.25, -0.2) is 0 Å². The van der Waals surface area contributed by atoms with E-state index in [1.165, 1.54) is 6.42 Å². The average Bonchev–Trinajstić information content (AvgIpc) is 2.90. The second-order valence-electron chi connectivity index (χ2n) is 6.14. The number of fused-ring (bicyclic) bond motifs is 1. The number of methoxy groups -OCH3 is 1.